The van der Waals surface area contributed by atoms with E-state index in [1.54, 1.807) is 10.6 Å². The molecular weight excluding hydrogens is 307 g/mol. The summed E-state index contributed by atoms with van der Waals surface area (Å²) in [6.45, 7) is 0.180. The molecule has 0 radical (unpaired) electrons. The zero-order valence-electron chi connectivity index (χ0n) is 13.5. The van der Waals surface area contributed by atoms with Gasteiger partial charge in [0.1, 0.15) is 12.4 Å². The second-order valence-corrected chi connectivity index (χ2v) is 6.33. The predicted octanol–water partition coefficient (Wildman–Crippen LogP) is 2.71. The highest BCUT2D eigenvalue weighted by atomic mass is 19.1. The highest BCUT2D eigenvalue weighted by Gasteiger charge is 2.24. The summed E-state index contributed by atoms with van der Waals surface area (Å²) < 4.78 is 17.1. The zero-order valence-corrected chi connectivity index (χ0v) is 13.5. The summed E-state index contributed by atoms with van der Waals surface area (Å²) >= 11 is 0. The molecule has 1 unspecified atom stereocenters. The van der Waals surface area contributed by atoms with E-state index >= 15 is 0 Å². The fraction of sp³-hybridized carbons (Fsp3) is 0.333. The Morgan fingerprint density at radius 2 is 2.29 bits per heavy atom. The molecule has 124 valence electrons. The number of carbonyl (C=O) groups excluding carboxylic acids is 1. The number of nitrogens with zero attached hydrogens (tertiary/aromatic N) is 3. The van der Waals surface area contributed by atoms with Gasteiger partial charge in [0.2, 0.25) is 5.91 Å². The molecule has 3 aromatic rings. The highest BCUT2D eigenvalue weighted by molar-refractivity contribution is 5.83. The number of nitrogens with one attached hydrogen (secondary N) is 1. The molecule has 0 aliphatic heterocycles. The Labute approximate surface area is 139 Å². The van der Waals surface area contributed by atoms with Gasteiger partial charge in [0.05, 0.1) is 17.8 Å². The minimum absolute atomic E-state index is 0.00788. The second-order valence-electron chi connectivity index (χ2n) is 6.33. The number of fused-ring (bicyclic) bond motifs is 2. The molecule has 1 aromatic carbocycles. The van der Waals surface area contributed by atoms with Crippen LogP contribution in [0, 0.1) is 5.82 Å². The molecular formula is C18H19FN4O. The first-order valence-corrected chi connectivity index (χ1v) is 8.16. The van der Waals surface area contributed by atoms with E-state index in [0.717, 1.165) is 35.7 Å². The number of amides is 1. The van der Waals surface area contributed by atoms with Crippen LogP contribution in [0.15, 0.2) is 36.7 Å². The maximum absolute atomic E-state index is 13.4. The average molecular weight is 326 g/mol. The first kappa shape index (κ1) is 14.9. The van der Waals surface area contributed by atoms with Crippen molar-refractivity contribution >= 4 is 16.8 Å². The van der Waals surface area contributed by atoms with Gasteiger partial charge in [0, 0.05) is 24.5 Å². The van der Waals surface area contributed by atoms with Gasteiger partial charge in [-0.3, -0.25) is 9.48 Å². The summed E-state index contributed by atoms with van der Waals surface area (Å²) in [6, 6.07) is 6.51. The molecule has 4 rings (SSSR count). The van der Waals surface area contributed by atoms with E-state index in [4.69, 9.17) is 0 Å². The molecule has 6 heteroatoms. The molecule has 5 nitrogen and oxygen atoms in total. The third-order valence-electron chi connectivity index (χ3n) is 4.76. The Morgan fingerprint density at radius 1 is 1.42 bits per heavy atom. The topological polar surface area (TPSA) is 51.9 Å². The molecule has 1 aliphatic carbocycles. The number of halogens is 1. The lowest BCUT2D eigenvalue weighted by Gasteiger charge is -2.24. The van der Waals surface area contributed by atoms with E-state index < -0.39 is 0 Å². The third kappa shape index (κ3) is 2.58. The monoisotopic (exact) mass is 326 g/mol. The Bertz CT molecular complexity index is 911. The van der Waals surface area contributed by atoms with E-state index in [9.17, 15) is 9.18 Å². The van der Waals surface area contributed by atoms with Crippen molar-refractivity contribution in [2.75, 3.05) is 0 Å². The van der Waals surface area contributed by atoms with Crippen molar-refractivity contribution < 1.29 is 9.18 Å². The molecule has 0 saturated carbocycles. The van der Waals surface area contributed by atoms with Crippen LogP contribution in [0.2, 0.25) is 0 Å². The number of benzene rings is 1. The van der Waals surface area contributed by atoms with Crippen molar-refractivity contribution in [3.8, 4) is 0 Å². The van der Waals surface area contributed by atoms with Gasteiger partial charge in [-0.25, -0.2) is 4.39 Å². The fourth-order valence-electron chi connectivity index (χ4n) is 3.55. The van der Waals surface area contributed by atoms with Crippen molar-refractivity contribution in [1.82, 2.24) is 19.7 Å². The molecule has 2 aromatic heterocycles. The van der Waals surface area contributed by atoms with Gasteiger partial charge in [-0.15, -0.1) is 0 Å². The van der Waals surface area contributed by atoms with Crippen LogP contribution >= 0.6 is 0 Å². The van der Waals surface area contributed by atoms with Crippen LogP contribution in [0.5, 0.6) is 0 Å². The number of carbonyl (C=O) groups is 1. The Morgan fingerprint density at radius 3 is 3.17 bits per heavy atom. The van der Waals surface area contributed by atoms with Crippen LogP contribution in [-0.2, 0) is 24.8 Å². The maximum atomic E-state index is 13.4. The number of hydrogen-bond donors (Lipinski definition) is 1. The molecule has 0 spiro atoms. The van der Waals surface area contributed by atoms with Crippen LogP contribution in [0.4, 0.5) is 4.39 Å². The van der Waals surface area contributed by atoms with Crippen LogP contribution in [0.3, 0.4) is 0 Å². The van der Waals surface area contributed by atoms with Crippen molar-refractivity contribution in [2.24, 2.45) is 7.05 Å². The number of rotatable bonds is 3. The number of hydrogen-bond acceptors (Lipinski definition) is 2. The van der Waals surface area contributed by atoms with Crippen molar-refractivity contribution in [2.45, 2.75) is 31.8 Å². The normalized spacial score (nSPS) is 17.0. The van der Waals surface area contributed by atoms with Crippen LogP contribution in [-0.4, -0.2) is 20.3 Å². The van der Waals surface area contributed by atoms with E-state index in [1.165, 1.54) is 17.8 Å². The lowest BCUT2D eigenvalue weighted by molar-refractivity contribution is -0.122. The minimum Gasteiger partial charge on any atom is -0.348 e. The first-order valence-electron chi connectivity index (χ1n) is 8.16. The van der Waals surface area contributed by atoms with Gasteiger partial charge < -0.3 is 9.88 Å². The largest absolute Gasteiger partial charge is 0.348 e. The SMILES string of the molecule is Cn1ncc2c1CCCC2NC(=O)Cn1ccc2ccc(F)cc21. The van der Waals surface area contributed by atoms with Crippen molar-refractivity contribution in [3.05, 3.63) is 53.7 Å². The van der Waals surface area contributed by atoms with E-state index in [0.29, 0.717) is 0 Å². The van der Waals surface area contributed by atoms with E-state index in [-0.39, 0.29) is 24.3 Å². The highest BCUT2D eigenvalue weighted by Crippen LogP contribution is 2.29. The molecule has 1 atom stereocenters. The van der Waals surface area contributed by atoms with Gasteiger partial charge in [-0.1, -0.05) is 0 Å². The minimum atomic E-state index is -0.296. The van der Waals surface area contributed by atoms with Gasteiger partial charge in [0.15, 0.2) is 0 Å². The number of aryl methyl sites for hydroxylation is 1. The lowest BCUT2D eigenvalue weighted by atomic mass is 9.93. The smallest absolute Gasteiger partial charge is 0.240 e. The summed E-state index contributed by atoms with van der Waals surface area (Å²) in [6.07, 6.45) is 6.63. The van der Waals surface area contributed by atoms with Gasteiger partial charge in [-0.2, -0.15) is 5.10 Å². The van der Waals surface area contributed by atoms with Crippen molar-refractivity contribution in [3.63, 3.8) is 0 Å². The van der Waals surface area contributed by atoms with E-state index in [1.807, 2.05) is 30.2 Å². The second kappa shape index (κ2) is 5.78. The molecule has 1 amide bonds. The molecule has 0 fully saturated rings. The molecule has 1 N–H and O–H groups in total. The first-order chi connectivity index (χ1) is 11.6. The predicted molar refractivity (Wildman–Crippen MR) is 88.9 cm³/mol. The fourth-order valence-corrected chi connectivity index (χ4v) is 3.55. The van der Waals surface area contributed by atoms with Crippen LogP contribution in [0.25, 0.3) is 10.9 Å². The molecule has 1 aliphatic rings. The average Bonchev–Trinajstić information content (AvgIpc) is 3.13. The lowest BCUT2D eigenvalue weighted by Crippen LogP contribution is -2.33. The molecule has 0 bridgehead atoms. The third-order valence-corrected chi connectivity index (χ3v) is 4.76. The van der Waals surface area contributed by atoms with Crippen LogP contribution in [0.1, 0.15) is 30.1 Å². The summed E-state index contributed by atoms with van der Waals surface area (Å²) in [4.78, 5) is 12.5. The van der Waals surface area contributed by atoms with Gasteiger partial charge in [-0.05, 0) is 48.9 Å². The summed E-state index contributed by atoms with van der Waals surface area (Å²) in [7, 11) is 1.93. The molecule has 24 heavy (non-hydrogen) atoms. The Hall–Kier alpha value is -2.63. The summed E-state index contributed by atoms with van der Waals surface area (Å²) in [5.41, 5.74) is 3.04. The Kier molecular flexibility index (Phi) is 3.59. The zero-order chi connectivity index (χ0) is 16.7. The van der Waals surface area contributed by atoms with Gasteiger partial charge >= 0.3 is 0 Å². The summed E-state index contributed by atoms with van der Waals surface area (Å²) in [5, 5.41) is 8.33. The maximum Gasteiger partial charge on any atom is 0.240 e. The van der Waals surface area contributed by atoms with Gasteiger partial charge in [0.25, 0.3) is 0 Å². The quantitative estimate of drug-likeness (QED) is 0.804. The standard InChI is InChI=1S/C18H19FN4O/c1-22-16-4-2-3-15(14(16)10-20-22)21-18(24)11-23-8-7-12-5-6-13(19)9-17(12)23/h5-10,15H,2-4,11H2,1H3,(H,21,24). The van der Waals surface area contributed by atoms with Crippen LogP contribution < -0.4 is 5.32 Å². The Balaban J connectivity index is 1.52. The summed E-state index contributed by atoms with van der Waals surface area (Å²) in [5.74, 6) is -0.367. The molecule has 2 heterocycles. The van der Waals surface area contributed by atoms with E-state index in [2.05, 4.69) is 10.4 Å². The van der Waals surface area contributed by atoms with Crippen molar-refractivity contribution in [1.29, 1.82) is 0 Å². The number of aromatic nitrogens is 3. The molecule has 0 saturated heterocycles.